The molecule has 3 rings (SSSR count). The average Bonchev–Trinajstić information content (AvgIpc) is 3.38. The summed E-state index contributed by atoms with van der Waals surface area (Å²) in [5, 5.41) is 2.80. The van der Waals surface area contributed by atoms with Crippen molar-refractivity contribution in [1.82, 2.24) is 4.31 Å². The second kappa shape index (κ2) is 7.33. The number of carbonyl (C=O) groups is 1. The fourth-order valence-corrected chi connectivity index (χ4v) is 4.35. The van der Waals surface area contributed by atoms with E-state index in [1.165, 1.54) is 22.8 Å². The molecule has 1 aromatic carbocycles. The van der Waals surface area contributed by atoms with Crippen LogP contribution in [0.15, 0.2) is 24.3 Å². The molecule has 1 saturated carbocycles. The lowest BCUT2D eigenvalue weighted by atomic mass is 9.99. The number of nitrogens with one attached hydrogen (secondary N) is 1. The lowest BCUT2D eigenvalue weighted by Crippen LogP contribution is -2.38. The summed E-state index contributed by atoms with van der Waals surface area (Å²) in [6.45, 7) is 4.31. The van der Waals surface area contributed by atoms with E-state index in [4.69, 9.17) is 0 Å². The van der Waals surface area contributed by atoms with Gasteiger partial charge in [-0.3, -0.25) is 4.79 Å². The quantitative estimate of drug-likeness (QED) is 0.840. The van der Waals surface area contributed by atoms with E-state index in [2.05, 4.69) is 17.1 Å². The van der Waals surface area contributed by atoms with E-state index in [0.717, 1.165) is 38.1 Å². The van der Waals surface area contributed by atoms with E-state index in [1.807, 2.05) is 24.3 Å². The Labute approximate surface area is 150 Å². The second-order valence-electron chi connectivity index (χ2n) is 7.30. The molecule has 0 bridgehead atoms. The topological polar surface area (TPSA) is 69.7 Å². The van der Waals surface area contributed by atoms with Crippen molar-refractivity contribution in [2.24, 2.45) is 5.92 Å². The van der Waals surface area contributed by atoms with E-state index < -0.39 is 10.0 Å². The highest BCUT2D eigenvalue weighted by molar-refractivity contribution is 7.88. The highest BCUT2D eigenvalue weighted by Gasteiger charge is 2.36. The number of nitrogens with zero attached hydrogens (tertiary/aromatic N) is 2. The van der Waals surface area contributed by atoms with Crippen LogP contribution < -0.4 is 10.2 Å². The van der Waals surface area contributed by atoms with E-state index in [9.17, 15) is 13.2 Å². The molecule has 0 unspecified atom stereocenters. The summed E-state index contributed by atoms with van der Waals surface area (Å²) in [5.74, 6) is 0.496. The van der Waals surface area contributed by atoms with Crippen molar-refractivity contribution >= 4 is 27.3 Å². The first kappa shape index (κ1) is 18.2. The Balaban J connectivity index is 1.56. The molecule has 6 nitrogen and oxygen atoms in total. The summed E-state index contributed by atoms with van der Waals surface area (Å²) >= 11 is 0. The van der Waals surface area contributed by atoms with Gasteiger partial charge in [-0.25, -0.2) is 8.42 Å². The lowest BCUT2D eigenvalue weighted by molar-refractivity contribution is -0.116. The number of benzene rings is 1. The first-order chi connectivity index (χ1) is 11.8. The molecule has 1 aliphatic carbocycles. The molecule has 1 aliphatic heterocycles. The summed E-state index contributed by atoms with van der Waals surface area (Å²) in [4.78, 5) is 14.6. The van der Waals surface area contributed by atoms with Gasteiger partial charge in [0.15, 0.2) is 0 Å². The molecule has 25 heavy (non-hydrogen) atoms. The van der Waals surface area contributed by atoms with Gasteiger partial charge in [-0.15, -0.1) is 0 Å². The molecule has 1 aromatic rings. The van der Waals surface area contributed by atoms with Gasteiger partial charge in [-0.1, -0.05) is 6.92 Å². The minimum atomic E-state index is -3.35. The Bertz CT molecular complexity index is 706. The molecule has 2 aliphatic rings. The number of anilines is 2. The van der Waals surface area contributed by atoms with Gasteiger partial charge in [0, 0.05) is 30.5 Å². The third-order valence-corrected chi connectivity index (χ3v) is 6.26. The lowest BCUT2D eigenvalue weighted by Gasteiger charge is -2.32. The monoisotopic (exact) mass is 365 g/mol. The Morgan fingerprint density at radius 2 is 1.76 bits per heavy atom. The number of piperidine rings is 1. The van der Waals surface area contributed by atoms with Gasteiger partial charge in [0.25, 0.3) is 0 Å². The van der Waals surface area contributed by atoms with Gasteiger partial charge in [0.2, 0.25) is 15.9 Å². The molecule has 1 saturated heterocycles. The van der Waals surface area contributed by atoms with Crippen LogP contribution in [0, 0.1) is 5.92 Å². The molecule has 0 aromatic heterocycles. The van der Waals surface area contributed by atoms with Crippen molar-refractivity contribution in [3.8, 4) is 0 Å². The van der Waals surface area contributed by atoms with E-state index >= 15 is 0 Å². The molecule has 138 valence electrons. The van der Waals surface area contributed by atoms with Crippen LogP contribution in [-0.2, 0) is 14.8 Å². The van der Waals surface area contributed by atoms with Crippen molar-refractivity contribution in [1.29, 1.82) is 0 Å². The highest BCUT2D eigenvalue weighted by atomic mass is 32.2. The fourth-order valence-electron chi connectivity index (χ4n) is 3.24. The number of sulfonamides is 1. The maximum Gasteiger partial charge on any atom is 0.239 e. The summed E-state index contributed by atoms with van der Waals surface area (Å²) in [7, 11) is -3.35. The number of rotatable bonds is 6. The van der Waals surface area contributed by atoms with E-state index in [1.54, 1.807) is 0 Å². The molecular weight excluding hydrogens is 338 g/mol. The Morgan fingerprint density at radius 3 is 2.28 bits per heavy atom. The van der Waals surface area contributed by atoms with Crippen LogP contribution in [0.3, 0.4) is 0 Å². The van der Waals surface area contributed by atoms with E-state index in [-0.39, 0.29) is 18.5 Å². The standard InChI is InChI=1S/C18H27N3O3S/c1-14-9-11-20(12-10-14)16-5-3-15(4-6-16)19-18(22)13-21(17-7-8-17)25(2,23)24/h3-6,14,17H,7-13H2,1-2H3,(H,19,22). The van der Waals surface area contributed by atoms with Crippen LogP contribution in [0.25, 0.3) is 0 Å². The molecule has 2 fully saturated rings. The van der Waals surface area contributed by atoms with Crippen LogP contribution in [0.4, 0.5) is 11.4 Å². The van der Waals surface area contributed by atoms with Crippen LogP contribution in [-0.4, -0.2) is 50.6 Å². The Kier molecular flexibility index (Phi) is 5.34. The van der Waals surface area contributed by atoms with Crippen LogP contribution in [0.5, 0.6) is 0 Å². The molecule has 1 heterocycles. The number of hydrogen-bond donors (Lipinski definition) is 1. The maximum absolute atomic E-state index is 12.2. The van der Waals surface area contributed by atoms with Crippen molar-refractivity contribution in [2.75, 3.05) is 36.1 Å². The van der Waals surface area contributed by atoms with Crippen LogP contribution in [0.1, 0.15) is 32.6 Å². The SMILES string of the molecule is CC1CCN(c2ccc(NC(=O)CN(C3CC3)S(C)(=O)=O)cc2)CC1. The summed E-state index contributed by atoms with van der Waals surface area (Å²) in [6.07, 6.45) is 5.25. The first-order valence-electron chi connectivity index (χ1n) is 8.94. The van der Waals surface area contributed by atoms with Gasteiger partial charge >= 0.3 is 0 Å². The first-order valence-corrected chi connectivity index (χ1v) is 10.8. The van der Waals surface area contributed by atoms with Gasteiger partial charge < -0.3 is 10.2 Å². The average molecular weight is 365 g/mol. The van der Waals surface area contributed by atoms with Gasteiger partial charge in [0.1, 0.15) is 0 Å². The van der Waals surface area contributed by atoms with Crippen molar-refractivity contribution in [2.45, 2.75) is 38.6 Å². The number of amides is 1. The molecule has 1 amide bonds. The highest BCUT2D eigenvalue weighted by Crippen LogP contribution is 2.29. The summed E-state index contributed by atoms with van der Waals surface area (Å²) in [6, 6.07) is 7.78. The molecule has 7 heteroatoms. The van der Waals surface area contributed by atoms with Crippen LogP contribution >= 0.6 is 0 Å². The Hall–Kier alpha value is -1.60. The smallest absolute Gasteiger partial charge is 0.239 e. The summed E-state index contributed by atoms with van der Waals surface area (Å²) in [5.41, 5.74) is 1.86. The third kappa shape index (κ3) is 4.95. The zero-order valence-corrected chi connectivity index (χ0v) is 15.8. The van der Waals surface area contributed by atoms with Crippen molar-refractivity contribution in [3.05, 3.63) is 24.3 Å². The zero-order valence-electron chi connectivity index (χ0n) is 14.9. The van der Waals surface area contributed by atoms with Crippen LogP contribution in [0.2, 0.25) is 0 Å². The molecule has 0 spiro atoms. The predicted molar refractivity (Wildman–Crippen MR) is 100 cm³/mol. The van der Waals surface area contributed by atoms with E-state index in [0.29, 0.717) is 5.69 Å². The number of hydrogen-bond acceptors (Lipinski definition) is 4. The summed E-state index contributed by atoms with van der Waals surface area (Å²) < 4.78 is 24.9. The largest absolute Gasteiger partial charge is 0.372 e. The molecule has 0 atom stereocenters. The normalized spacial score (nSPS) is 19.2. The van der Waals surface area contributed by atoms with Crippen molar-refractivity contribution < 1.29 is 13.2 Å². The molecular formula is C18H27N3O3S. The molecule has 0 radical (unpaired) electrons. The van der Waals surface area contributed by atoms with Gasteiger partial charge in [-0.2, -0.15) is 4.31 Å². The van der Waals surface area contributed by atoms with Gasteiger partial charge in [-0.05, 0) is 55.9 Å². The fraction of sp³-hybridized carbons (Fsp3) is 0.611. The third-order valence-electron chi connectivity index (χ3n) is 4.98. The maximum atomic E-state index is 12.2. The number of carbonyl (C=O) groups excluding carboxylic acids is 1. The predicted octanol–water partition coefficient (Wildman–Crippen LogP) is 2.29. The zero-order chi connectivity index (χ0) is 18.0. The van der Waals surface area contributed by atoms with Crippen molar-refractivity contribution in [3.63, 3.8) is 0 Å². The second-order valence-corrected chi connectivity index (χ2v) is 9.24. The molecule has 1 N–H and O–H groups in total. The van der Waals surface area contributed by atoms with Gasteiger partial charge in [0.05, 0.1) is 12.8 Å². The minimum absolute atomic E-state index is 0.00961. The minimum Gasteiger partial charge on any atom is -0.372 e. The Morgan fingerprint density at radius 1 is 1.16 bits per heavy atom.